The van der Waals surface area contributed by atoms with E-state index in [9.17, 15) is 5.11 Å². The van der Waals surface area contributed by atoms with Gasteiger partial charge in [0.15, 0.2) is 0 Å². The second-order valence-corrected chi connectivity index (χ2v) is 3.51. The molecule has 1 nitrogen and oxygen atoms in total. The molecule has 0 fully saturated rings. The Bertz CT molecular complexity index is 157. The number of aliphatic hydroxyl groups is 1. The number of hydrogen-bond donors (Lipinski definition) is 1. The van der Waals surface area contributed by atoms with E-state index >= 15 is 0 Å². The van der Waals surface area contributed by atoms with Crippen molar-refractivity contribution in [3.05, 3.63) is 18.4 Å². The Kier molecular flexibility index (Phi) is 7.77. The fourth-order valence-electron chi connectivity index (χ4n) is 1.63. The number of rotatable bonds is 7. The molecule has 0 saturated heterocycles. The van der Waals surface area contributed by atoms with Crippen LogP contribution < -0.4 is 0 Å². The molecule has 0 radical (unpaired) electrons. The van der Waals surface area contributed by atoms with Crippen LogP contribution in [0.2, 0.25) is 0 Å². The monoisotopic (exact) mass is 182 g/mol. The summed E-state index contributed by atoms with van der Waals surface area (Å²) in [5, 5.41) is 9.70. The molecule has 0 aromatic rings. The Morgan fingerprint density at radius 3 is 2.54 bits per heavy atom. The molecule has 0 aromatic carbocycles. The van der Waals surface area contributed by atoms with E-state index in [2.05, 4.69) is 19.2 Å². The Morgan fingerprint density at radius 2 is 2.08 bits per heavy atom. The maximum Gasteiger partial charge on any atom is 0.0565 e. The molecule has 0 aliphatic heterocycles. The van der Waals surface area contributed by atoms with Crippen LogP contribution in [0, 0.1) is 5.92 Å². The third-order valence-corrected chi connectivity index (χ3v) is 2.45. The summed E-state index contributed by atoms with van der Waals surface area (Å²) in [6.07, 6.45) is 7.02. The number of aliphatic hydroxyl groups excluding tert-OH is 1. The minimum Gasteiger partial charge on any atom is -0.393 e. The van der Waals surface area contributed by atoms with E-state index in [1.807, 2.05) is 13.0 Å². The van der Waals surface area contributed by atoms with E-state index < -0.39 is 0 Å². The highest BCUT2D eigenvalue weighted by molar-refractivity contribution is 4.78. The third kappa shape index (κ3) is 5.68. The highest BCUT2D eigenvalue weighted by atomic mass is 16.3. The van der Waals surface area contributed by atoms with E-state index in [-0.39, 0.29) is 6.10 Å². The molecule has 0 aromatic heterocycles. The minimum absolute atomic E-state index is 0.127. The molecule has 76 valence electrons. The van der Waals surface area contributed by atoms with Crippen LogP contribution in [0.5, 0.6) is 0 Å². The van der Waals surface area contributed by atoms with Gasteiger partial charge in [0.25, 0.3) is 0 Å². The summed E-state index contributed by atoms with van der Waals surface area (Å²) in [7, 11) is 0. The topological polar surface area (TPSA) is 20.2 Å². The number of hydrogen-bond acceptors (Lipinski definition) is 1. The maximum absolute atomic E-state index is 9.70. The van der Waals surface area contributed by atoms with Crippen LogP contribution in [-0.2, 0) is 0 Å². The zero-order chi connectivity index (χ0) is 10.1. The summed E-state index contributed by atoms with van der Waals surface area (Å²) in [6.45, 7) is 7.73. The Labute approximate surface area is 82.2 Å². The average Bonchev–Trinajstić information content (AvgIpc) is 2.16. The highest BCUT2D eigenvalue weighted by Crippen LogP contribution is 2.19. The first-order chi connectivity index (χ1) is 6.26. The van der Waals surface area contributed by atoms with Crippen LogP contribution in [0.1, 0.15) is 46.0 Å². The van der Waals surface area contributed by atoms with Crippen molar-refractivity contribution < 1.29 is 5.11 Å². The zero-order valence-electron chi connectivity index (χ0n) is 8.92. The Morgan fingerprint density at radius 1 is 1.38 bits per heavy atom. The lowest BCUT2D eigenvalue weighted by molar-refractivity contribution is 0.0936. The molecule has 0 saturated carbocycles. The highest BCUT2D eigenvalue weighted by Gasteiger charge is 2.15. The fourth-order valence-corrected chi connectivity index (χ4v) is 1.63. The van der Waals surface area contributed by atoms with Crippen molar-refractivity contribution in [1.82, 2.24) is 0 Å². The predicted molar refractivity (Wildman–Crippen MR) is 57.6 cm³/mol. The van der Waals surface area contributed by atoms with E-state index in [1.54, 1.807) is 0 Å². The van der Waals surface area contributed by atoms with Crippen molar-refractivity contribution in [1.29, 1.82) is 0 Å². The van der Waals surface area contributed by atoms with Gasteiger partial charge in [-0.1, -0.05) is 26.8 Å². The van der Waals surface area contributed by atoms with Crippen molar-refractivity contribution >= 4 is 0 Å². The van der Waals surface area contributed by atoms with E-state index in [0.717, 1.165) is 32.1 Å². The lowest BCUT2D eigenvalue weighted by Crippen LogP contribution is -2.19. The van der Waals surface area contributed by atoms with Gasteiger partial charge in [0.05, 0.1) is 6.10 Å². The van der Waals surface area contributed by atoms with Gasteiger partial charge in [0.2, 0.25) is 0 Å². The molecule has 1 heteroatoms. The van der Waals surface area contributed by atoms with Crippen molar-refractivity contribution in [2.45, 2.75) is 52.1 Å². The van der Waals surface area contributed by atoms with Crippen LogP contribution >= 0.6 is 0 Å². The molecule has 0 spiro atoms. The summed E-state index contributed by atoms with van der Waals surface area (Å²) in [4.78, 5) is 0. The molecule has 0 heterocycles. The Hall–Kier alpha value is -0.520. The third-order valence-electron chi connectivity index (χ3n) is 2.45. The molecular formula is C12H22O. The fraction of sp³-hybridized carbons (Fsp3) is 0.750. The second kappa shape index (κ2) is 8.10. The van der Waals surface area contributed by atoms with Crippen LogP contribution in [0.4, 0.5) is 0 Å². The first-order valence-electron chi connectivity index (χ1n) is 5.28. The molecule has 2 unspecified atom stereocenters. The van der Waals surface area contributed by atoms with Gasteiger partial charge in [-0.15, -0.1) is 5.73 Å². The summed E-state index contributed by atoms with van der Waals surface area (Å²) in [5.74, 6) is 0.458. The zero-order valence-corrected chi connectivity index (χ0v) is 8.92. The lowest BCUT2D eigenvalue weighted by Gasteiger charge is -2.20. The average molecular weight is 182 g/mol. The van der Waals surface area contributed by atoms with Crippen molar-refractivity contribution in [3.8, 4) is 0 Å². The quantitative estimate of drug-likeness (QED) is 0.599. The first kappa shape index (κ1) is 12.5. The van der Waals surface area contributed by atoms with E-state index in [4.69, 9.17) is 0 Å². The number of allylic oxidation sites excluding steroid dienone is 1. The smallest absolute Gasteiger partial charge is 0.0565 e. The maximum atomic E-state index is 9.70. The molecule has 0 rings (SSSR count). The van der Waals surface area contributed by atoms with Crippen LogP contribution in [0.3, 0.4) is 0 Å². The summed E-state index contributed by atoms with van der Waals surface area (Å²) < 4.78 is 0. The van der Waals surface area contributed by atoms with Crippen molar-refractivity contribution in [2.75, 3.05) is 0 Å². The van der Waals surface area contributed by atoms with Crippen molar-refractivity contribution in [3.63, 3.8) is 0 Å². The largest absolute Gasteiger partial charge is 0.393 e. The van der Waals surface area contributed by atoms with E-state index in [0.29, 0.717) is 5.92 Å². The van der Waals surface area contributed by atoms with Crippen molar-refractivity contribution in [2.24, 2.45) is 5.92 Å². The van der Waals surface area contributed by atoms with Gasteiger partial charge >= 0.3 is 0 Å². The lowest BCUT2D eigenvalue weighted by atomic mass is 9.91. The molecular weight excluding hydrogens is 160 g/mol. The Balaban J connectivity index is 3.85. The molecule has 1 N–H and O–H groups in total. The van der Waals surface area contributed by atoms with Gasteiger partial charge in [0, 0.05) is 0 Å². The van der Waals surface area contributed by atoms with Gasteiger partial charge in [-0.05, 0) is 37.7 Å². The van der Waals surface area contributed by atoms with Gasteiger partial charge in [-0.2, -0.15) is 0 Å². The molecule has 0 aliphatic carbocycles. The molecule has 0 aliphatic rings. The molecule has 0 amide bonds. The summed E-state index contributed by atoms with van der Waals surface area (Å²) >= 11 is 0. The first-order valence-corrected chi connectivity index (χ1v) is 5.28. The SMILES string of the molecule is C=C=CCCC(CCC)C(O)CC. The summed E-state index contributed by atoms with van der Waals surface area (Å²) in [5.41, 5.74) is 2.77. The van der Waals surface area contributed by atoms with Gasteiger partial charge in [-0.3, -0.25) is 0 Å². The van der Waals surface area contributed by atoms with E-state index in [1.165, 1.54) is 0 Å². The van der Waals surface area contributed by atoms with Gasteiger partial charge < -0.3 is 5.11 Å². The normalized spacial score (nSPS) is 14.7. The van der Waals surface area contributed by atoms with Crippen LogP contribution in [0.25, 0.3) is 0 Å². The minimum atomic E-state index is -0.127. The second-order valence-electron chi connectivity index (χ2n) is 3.51. The van der Waals surface area contributed by atoms with Crippen LogP contribution in [0.15, 0.2) is 18.4 Å². The standard InChI is InChI=1S/C12H22O/c1-4-7-8-10-11(9-5-2)12(13)6-3/h7,11-13H,1,5-6,8-10H2,2-3H3. The molecule has 2 atom stereocenters. The van der Waals surface area contributed by atoms with Crippen LogP contribution in [-0.4, -0.2) is 11.2 Å². The van der Waals surface area contributed by atoms with Gasteiger partial charge in [-0.25, -0.2) is 0 Å². The molecule has 13 heavy (non-hydrogen) atoms. The molecule has 0 bridgehead atoms. The van der Waals surface area contributed by atoms with Gasteiger partial charge in [0.1, 0.15) is 0 Å². The predicted octanol–water partition coefficient (Wildman–Crippen LogP) is 3.29. The summed E-state index contributed by atoms with van der Waals surface area (Å²) in [6, 6.07) is 0.